The van der Waals surface area contributed by atoms with Gasteiger partial charge in [-0.2, -0.15) is 0 Å². The molecule has 0 fully saturated rings. The van der Waals surface area contributed by atoms with Gasteiger partial charge in [0.15, 0.2) is 0 Å². The molecule has 0 aliphatic heterocycles. The molecule has 2 heteroatoms. The van der Waals surface area contributed by atoms with Crippen LogP contribution in [0.15, 0.2) is 0 Å². The summed E-state index contributed by atoms with van der Waals surface area (Å²) in [6.07, 6.45) is 9.39. The van der Waals surface area contributed by atoms with Crippen LogP contribution in [0.2, 0.25) is 0 Å². The molecule has 0 radical (unpaired) electrons. The lowest BCUT2D eigenvalue weighted by atomic mass is 10.1. The molecular weight excluding hydrogens is 206 g/mol. The summed E-state index contributed by atoms with van der Waals surface area (Å²) in [7, 11) is 0. The number of hydrogen-bond donors (Lipinski definition) is 1. The molecule has 0 aromatic carbocycles. The summed E-state index contributed by atoms with van der Waals surface area (Å²) in [6.45, 7) is 6.84. The summed E-state index contributed by atoms with van der Waals surface area (Å²) in [5.41, 5.74) is 0. The first kappa shape index (κ1) is 15.2. The Labute approximate surface area is 101 Å². The third kappa shape index (κ3) is 12.2. The van der Waals surface area contributed by atoms with Crippen LogP contribution in [0, 0.1) is 5.92 Å². The highest BCUT2D eigenvalue weighted by atomic mass is 35.5. The quantitative estimate of drug-likeness (QED) is 0.417. The average Bonchev–Trinajstić information content (AvgIpc) is 2.26. The lowest BCUT2D eigenvalue weighted by Crippen LogP contribution is -2.17. The van der Waals surface area contributed by atoms with Gasteiger partial charge in [-0.25, -0.2) is 0 Å². The zero-order chi connectivity index (χ0) is 11.4. The molecule has 0 aromatic heterocycles. The van der Waals surface area contributed by atoms with E-state index in [1.165, 1.54) is 51.5 Å². The average molecular weight is 234 g/mol. The fourth-order valence-electron chi connectivity index (χ4n) is 1.63. The predicted molar refractivity (Wildman–Crippen MR) is 70.7 cm³/mol. The molecule has 92 valence electrons. The second kappa shape index (κ2) is 12.3. The van der Waals surface area contributed by atoms with Gasteiger partial charge in [0.25, 0.3) is 0 Å². The normalized spacial score (nSPS) is 13.0. The predicted octanol–water partition coefficient (Wildman–Crippen LogP) is 4.20. The van der Waals surface area contributed by atoms with E-state index >= 15 is 0 Å². The molecule has 0 saturated heterocycles. The van der Waals surface area contributed by atoms with E-state index in [2.05, 4.69) is 19.2 Å². The molecule has 15 heavy (non-hydrogen) atoms. The Morgan fingerprint density at radius 3 is 2.33 bits per heavy atom. The van der Waals surface area contributed by atoms with Gasteiger partial charge < -0.3 is 5.32 Å². The maximum atomic E-state index is 5.74. The summed E-state index contributed by atoms with van der Waals surface area (Å²) >= 11 is 5.74. The van der Waals surface area contributed by atoms with Crippen molar-refractivity contribution in [1.29, 1.82) is 0 Å². The Morgan fingerprint density at radius 2 is 1.67 bits per heavy atom. The van der Waals surface area contributed by atoms with Crippen LogP contribution in [0.4, 0.5) is 0 Å². The lowest BCUT2D eigenvalue weighted by molar-refractivity contribution is 0.519. The molecule has 0 heterocycles. The minimum Gasteiger partial charge on any atom is -0.317 e. The van der Waals surface area contributed by atoms with E-state index in [9.17, 15) is 0 Å². The van der Waals surface area contributed by atoms with Gasteiger partial charge in [-0.15, -0.1) is 11.6 Å². The highest BCUT2D eigenvalue weighted by Crippen LogP contribution is 2.06. The number of halogens is 1. The second-order valence-corrected chi connectivity index (χ2v) is 4.87. The molecule has 1 unspecified atom stereocenters. The fourth-order valence-corrected chi connectivity index (χ4v) is 1.79. The molecule has 0 spiro atoms. The van der Waals surface area contributed by atoms with Crippen LogP contribution < -0.4 is 5.32 Å². The van der Waals surface area contributed by atoms with Gasteiger partial charge >= 0.3 is 0 Å². The van der Waals surface area contributed by atoms with Crippen molar-refractivity contribution in [2.45, 2.75) is 58.8 Å². The Hall–Kier alpha value is 0.250. The van der Waals surface area contributed by atoms with Crippen LogP contribution in [0.5, 0.6) is 0 Å². The van der Waals surface area contributed by atoms with Crippen molar-refractivity contribution in [3.63, 3.8) is 0 Å². The molecule has 1 N–H and O–H groups in total. The molecular formula is C13H28ClN. The maximum absolute atomic E-state index is 5.74. The zero-order valence-electron chi connectivity index (χ0n) is 10.5. The van der Waals surface area contributed by atoms with Crippen molar-refractivity contribution >= 4 is 11.6 Å². The van der Waals surface area contributed by atoms with E-state index in [0.717, 1.165) is 12.4 Å². The standard InChI is InChI=1S/C13H28ClN/c1-3-4-5-6-7-10-15-11-8-9-13(2)12-14/h13,15H,3-12H2,1-2H3. The van der Waals surface area contributed by atoms with E-state index in [1.54, 1.807) is 0 Å². The van der Waals surface area contributed by atoms with Crippen molar-refractivity contribution < 1.29 is 0 Å². The molecule has 0 rings (SSSR count). The number of nitrogens with one attached hydrogen (secondary N) is 1. The van der Waals surface area contributed by atoms with Crippen LogP contribution in [0.3, 0.4) is 0 Å². The van der Waals surface area contributed by atoms with Crippen LogP contribution in [-0.2, 0) is 0 Å². The van der Waals surface area contributed by atoms with Gasteiger partial charge in [-0.1, -0.05) is 39.5 Å². The van der Waals surface area contributed by atoms with Crippen LogP contribution in [0.25, 0.3) is 0 Å². The topological polar surface area (TPSA) is 12.0 Å². The molecule has 0 bridgehead atoms. The Kier molecular flexibility index (Phi) is 12.5. The Balaban J connectivity index is 2.92. The highest BCUT2D eigenvalue weighted by molar-refractivity contribution is 6.18. The molecule has 0 aliphatic rings. The molecule has 0 aliphatic carbocycles. The SMILES string of the molecule is CCCCCCCNCCCC(C)CCl. The number of alkyl halides is 1. The monoisotopic (exact) mass is 233 g/mol. The van der Waals surface area contributed by atoms with Gasteiger partial charge in [0.05, 0.1) is 0 Å². The summed E-state index contributed by atoms with van der Waals surface area (Å²) in [5.74, 6) is 1.48. The third-order valence-corrected chi connectivity index (χ3v) is 3.30. The second-order valence-electron chi connectivity index (χ2n) is 4.57. The molecule has 1 nitrogen and oxygen atoms in total. The van der Waals surface area contributed by atoms with E-state index in [-0.39, 0.29) is 0 Å². The lowest BCUT2D eigenvalue weighted by Gasteiger charge is -2.07. The first-order valence-electron chi connectivity index (χ1n) is 6.58. The van der Waals surface area contributed by atoms with E-state index in [4.69, 9.17) is 11.6 Å². The van der Waals surface area contributed by atoms with Gasteiger partial charge in [-0.05, 0) is 38.3 Å². The molecule has 0 aromatic rings. The van der Waals surface area contributed by atoms with Crippen LogP contribution in [0.1, 0.15) is 58.8 Å². The maximum Gasteiger partial charge on any atom is 0.0249 e. The molecule has 0 saturated carbocycles. The Bertz CT molecular complexity index is 117. The van der Waals surface area contributed by atoms with E-state index < -0.39 is 0 Å². The first-order valence-corrected chi connectivity index (χ1v) is 7.11. The van der Waals surface area contributed by atoms with E-state index in [1.807, 2.05) is 0 Å². The number of unbranched alkanes of at least 4 members (excludes halogenated alkanes) is 4. The minimum absolute atomic E-state index is 0.679. The van der Waals surface area contributed by atoms with Gasteiger partial charge in [0, 0.05) is 5.88 Å². The van der Waals surface area contributed by atoms with Crippen molar-refractivity contribution in [2.75, 3.05) is 19.0 Å². The molecule has 1 atom stereocenters. The number of hydrogen-bond acceptors (Lipinski definition) is 1. The first-order chi connectivity index (χ1) is 7.31. The minimum atomic E-state index is 0.679. The van der Waals surface area contributed by atoms with Crippen LogP contribution >= 0.6 is 11.6 Å². The van der Waals surface area contributed by atoms with Crippen molar-refractivity contribution in [1.82, 2.24) is 5.32 Å². The van der Waals surface area contributed by atoms with E-state index in [0.29, 0.717) is 5.92 Å². The molecule has 0 amide bonds. The van der Waals surface area contributed by atoms with Crippen molar-refractivity contribution in [2.24, 2.45) is 5.92 Å². The summed E-state index contributed by atoms with van der Waals surface area (Å²) in [6, 6.07) is 0. The summed E-state index contributed by atoms with van der Waals surface area (Å²) in [4.78, 5) is 0. The summed E-state index contributed by atoms with van der Waals surface area (Å²) < 4.78 is 0. The van der Waals surface area contributed by atoms with Crippen molar-refractivity contribution in [3.05, 3.63) is 0 Å². The largest absolute Gasteiger partial charge is 0.317 e. The van der Waals surface area contributed by atoms with Crippen molar-refractivity contribution in [3.8, 4) is 0 Å². The fraction of sp³-hybridized carbons (Fsp3) is 1.00. The smallest absolute Gasteiger partial charge is 0.0249 e. The van der Waals surface area contributed by atoms with Gasteiger partial charge in [0.1, 0.15) is 0 Å². The van der Waals surface area contributed by atoms with Gasteiger partial charge in [0.2, 0.25) is 0 Å². The third-order valence-electron chi connectivity index (χ3n) is 2.77. The van der Waals surface area contributed by atoms with Crippen LogP contribution in [-0.4, -0.2) is 19.0 Å². The summed E-state index contributed by atoms with van der Waals surface area (Å²) in [5, 5.41) is 3.50. The number of rotatable bonds is 11. The Morgan fingerprint density at radius 1 is 1.00 bits per heavy atom. The van der Waals surface area contributed by atoms with Gasteiger partial charge in [-0.3, -0.25) is 0 Å². The zero-order valence-corrected chi connectivity index (χ0v) is 11.3. The highest BCUT2D eigenvalue weighted by Gasteiger charge is 1.98.